The summed E-state index contributed by atoms with van der Waals surface area (Å²) in [4.78, 5) is 17.7. The second-order valence-electron chi connectivity index (χ2n) is 10.5. The van der Waals surface area contributed by atoms with Crippen LogP contribution in [-0.4, -0.2) is 47.4 Å². The third kappa shape index (κ3) is 5.37. The molecule has 1 aliphatic heterocycles. The largest absolute Gasteiger partial charge is 0.433 e. The summed E-state index contributed by atoms with van der Waals surface area (Å²) in [7, 11) is -3.61. The second-order valence-corrected chi connectivity index (χ2v) is 12.5. The summed E-state index contributed by atoms with van der Waals surface area (Å²) in [6.07, 6.45) is 5.25. The lowest BCUT2D eigenvalue weighted by Gasteiger charge is -2.15. The van der Waals surface area contributed by atoms with Gasteiger partial charge in [0.25, 0.3) is 0 Å². The predicted octanol–water partition coefficient (Wildman–Crippen LogP) is 4.89. The van der Waals surface area contributed by atoms with Gasteiger partial charge in [-0.1, -0.05) is 6.07 Å². The molecule has 1 fully saturated rings. The minimum Gasteiger partial charge on any atom is -0.433 e. The number of halogens is 2. The van der Waals surface area contributed by atoms with Gasteiger partial charge in [-0.3, -0.25) is 9.52 Å². The van der Waals surface area contributed by atoms with Gasteiger partial charge in [0, 0.05) is 24.7 Å². The number of para-hydroxylation sites is 1. The van der Waals surface area contributed by atoms with Gasteiger partial charge in [0.1, 0.15) is 11.1 Å². The van der Waals surface area contributed by atoms with Crippen LogP contribution in [0.3, 0.4) is 0 Å². The molecule has 6 rings (SSSR count). The van der Waals surface area contributed by atoms with E-state index in [1.54, 1.807) is 26.0 Å². The summed E-state index contributed by atoms with van der Waals surface area (Å²) < 4.78 is 68.2. The summed E-state index contributed by atoms with van der Waals surface area (Å²) in [6, 6.07) is 8.47. The first-order chi connectivity index (χ1) is 20.5. The molecule has 43 heavy (non-hydrogen) atoms. The van der Waals surface area contributed by atoms with Crippen LogP contribution in [0.1, 0.15) is 39.0 Å². The summed E-state index contributed by atoms with van der Waals surface area (Å²) in [5.74, 6) is -2.55. The third-order valence-electron chi connectivity index (χ3n) is 7.53. The molecule has 4 aromatic rings. The van der Waals surface area contributed by atoms with E-state index in [9.17, 15) is 22.0 Å². The highest BCUT2D eigenvalue weighted by atomic mass is 32.2. The predicted molar refractivity (Wildman–Crippen MR) is 156 cm³/mol. The lowest BCUT2D eigenvalue weighted by atomic mass is 10.0. The molecule has 0 radical (unpaired) electrons. The molecule has 1 saturated heterocycles. The molecule has 222 valence electrons. The number of pyridine rings is 1. The highest BCUT2D eigenvalue weighted by Gasteiger charge is 2.31. The Morgan fingerprint density at radius 1 is 1.14 bits per heavy atom. The monoisotopic (exact) mass is 607 g/mol. The Kier molecular flexibility index (Phi) is 7.22. The summed E-state index contributed by atoms with van der Waals surface area (Å²) in [5, 5.41) is 3.69. The van der Waals surface area contributed by atoms with Crippen molar-refractivity contribution in [3.8, 4) is 17.3 Å². The van der Waals surface area contributed by atoms with Gasteiger partial charge < -0.3 is 15.2 Å². The number of hydrogen-bond donors (Lipinski definition) is 2. The molecule has 2 aromatic heterocycles. The minimum atomic E-state index is -3.61. The third-order valence-corrected chi connectivity index (χ3v) is 9.28. The fourth-order valence-corrected chi connectivity index (χ4v) is 6.51. The van der Waals surface area contributed by atoms with Crippen molar-refractivity contribution in [1.29, 1.82) is 0 Å². The van der Waals surface area contributed by atoms with Crippen LogP contribution in [0.5, 0.6) is 11.6 Å². The molecule has 0 bridgehead atoms. The molecule has 1 aliphatic carbocycles. The first-order valence-electron chi connectivity index (χ1n) is 13.4. The van der Waals surface area contributed by atoms with Crippen molar-refractivity contribution in [2.75, 3.05) is 23.7 Å². The van der Waals surface area contributed by atoms with Crippen molar-refractivity contribution < 1.29 is 31.5 Å². The number of anilines is 2. The van der Waals surface area contributed by atoms with Gasteiger partial charge in [0.05, 0.1) is 35.9 Å². The van der Waals surface area contributed by atoms with Gasteiger partial charge in [-0.2, -0.15) is 5.10 Å². The summed E-state index contributed by atoms with van der Waals surface area (Å²) >= 11 is 0. The number of ether oxygens (including phenoxy) is 2. The minimum absolute atomic E-state index is 0.0327. The maximum absolute atomic E-state index is 14.0. The van der Waals surface area contributed by atoms with E-state index in [1.165, 1.54) is 29.2 Å². The number of sulfonamides is 1. The fraction of sp³-hybridized carbons (Fsp3) is 0.233. The molecule has 0 saturated carbocycles. The zero-order valence-electron chi connectivity index (χ0n) is 23.2. The van der Waals surface area contributed by atoms with E-state index in [2.05, 4.69) is 14.8 Å². The highest BCUT2D eigenvalue weighted by Crippen LogP contribution is 2.34. The van der Waals surface area contributed by atoms with Gasteiger partial charge in [-0.25, -0.2) is 26.9 Å². The lowest BCUT2D eigenvalue weighted by molar-refractivity contribution is 0.103. The van der Waals surface area contributed by atoms with Crippen LogP contribution < -0.4 is 15.2 Å². The maximum atomic E-state index is 14.0. The van der Waals surface area contributed by atoms with Crippen LogP contribution in [0.2, 0.25) is 0 Å². The maximum Gasteiger partial charge on any atom is 0.237 e. The fourth-order valence-electron chi connectivity index (χ4n) is 5.14. The van der Waals surface area contributed by atoms with E-state index in [-0.39, 0.29) is 29.7 Å². The number of allylic oxidation sites excluding steroid dienone is 1. The number of aromatic nitrogens is 3. The SMILES string of the molecule is Cc1cc2c(cc1NS(=O)(=O)C1CCOC1)CC(C(=O)c1cnn(-c3cnc(Oc4c(F)cccc4F)cc3C)c1N)=C2. The van der Waals surface area contributed by atoms with E-state index in [4.69, 9.17) is 15.2 Å². The lowest BCUT2D eigenvalue weighted by Crippen LogP contribution is -2.28. The molecule has 10 nitrogen and oxygen atoms in total. The average Bonchev–Trinajstić information content (AvgIpc) is 3.72. The van der Waals surface area contributed by atoms with Gasteiger partial charge in [-0.05, 0) is 72.9 Å². The van der Waals surface area contributed by atoms with E-state index < -0.39 is 32.7 Å². The molecule has 2 aromatic carbocycles. The van der Waals surface area contributed by atoms with E-state index in [0.29, 0.717) is 42.0 Å². The number of fused-ring (bicyclic) bond motifs is 1. The number of nitrogens with two attached hydrogens (primary N) is 1. The number of hydrogen-bond acceptors (Lipinski definition) is 8. The van der Waals surface area contributed by atoms with Crippen LogP contribution >= 0.6 is 0 Å². The van der Waals surface area contributed by atoms with Gasteiger partial charge in [-0.15, -0.1) is 0 Å². The van der Waals surface area contributed by atoms with Crippen molar-refractivity contribution >= 4 is 33.4 Å². The Balaban J connectivity index is 1.20. The summed E-state index contributed by atoms with van der Waals surface area (Å²) in [5.41, 5.74) is 10.9. The van der Waals surface area contributed by atoms with Crippen LogP contribution in [0.4, 0.5) is 20.3 Å². The second kappa shape index (κ2) is 10.9. The van der Waals surface area contributed by atoms with Crippen LogP contribution in [0.25, 0.3) is 11.8 Å². The Morgan fingerprint density at radius 3 is 2.60 bits per heavy atom. The summed E-state index contributed by atoms with van der Waals surface area (Å²) in [6.45, 7) is 4.10. The zero-order valence-corrected chi connectivity index (χ0v) is 24.0. The molecule has 3 N–H and O–H groups in total. The average molecular weight is 608 g/mol. The van der Waals surface area contributed by atoms with Crippen LogP contribution in [-0.2, 0) is 21.2 Å². The van der Waals surface area contributed by atoms with Gasteiger partial charge in [0.2, 0.25) is 21.7 Å². The van der Waals surface area contributed by atoms with Crippen molar-refractivity contribution in [2.45, 2.75) is 31.9 Å². The van der Waals surface area contributed by atoms with Crippen molar-refractivity contribution in [2.24, 2.45) is 0 Å². The number of Topliss-reactive ketones (excluding diaryl/α,β-unsaturated/α-hetero) is 1. The molecule has 2 aliphatic rings. The topological polar surface area (TPSA) is 138 Å². The van der Waals surface area contributed by atoms with Gasteiger partial charge >= 0.3 is 0 Å². The van der Waals surface area contributed by atoms with Crippen LogP contribution in [0.15, 0.2) is 54.4 Å². The number of nitrogens with one attached hydrogen (secondary N) is 1. The van der Waals surface area contributed by atoms with Crippen molar-refractivity contribution in [3.05, 3.63) is 93.8 Å². The highest BCUT2D eigenvalue weighted by molar-refractivity contribution is 7.93. The first-order valence-corrected chi connectivity index (χ1v) is 15.0. The normalized spacial score (nSPS) is 16.2. The Hall–Kier alpha value is -4.62. The van der Waals surface area contributed by atoms with Crippen LogP contribution in [0, 0.1) is 25.5 Å². The first kappa shape index (κ1) is 28.5. The molecule has 3 heterocycles. The number of carbonyl (C=O) groups excluding carboxylic acids is 1. The number of ketones is 1. The Labute approximate surface area is 246 Å². The van der Waals surface area contributed by atoms with Gasteiger partial charge in [0.15, 0.2) is 17.4 Å². The quantitative estimate of drug-likeness (QED) is 0.270. The van der Waals surface area contributed by atoms with E-state index in [1.807, 2.05) is 6.07 Å². The molecule has 1 atom stereocenters. The van der Waals surface area contributed by atoms with E-state index >= 15 is 0 Å². The Bertz CT molecular complexity index is 1900. The molecular weight excluding hydrogens is 580 g/mol. The number of aryl methyl sites for hydroxylation is 2. The number of nitrogens with zero attached hydrogens (tertiary/aromatic N) is 3. The smallest absolute Gasteiger partial charge is 0.237 e. The molecular formula is C30H27F2N5O5S. The molecule has 0 amide bonds. The zero-order chi connectivity index (χ0) is 30.5. The molecule has 13 heteroatoms. The number of nitrogen functional groups attached to an aromatic ring is 1. The van der Waals surface area contributed by atoms with Crippen molar-refractivity contribution in [1.82, 2.24) is 14.8 Å². The Morgan fingerprint density at radius 2 is 1.91 bits per heavy atom. The van der Waals surface area contributed by atoms with E-state index in [0.717, 1.165) is 28.8 Å². The number of carbonyl (C=O) groups is 1. The van der Waals surface area contributed by atoms with Crippen molar-refractivity contribution in [3.63, 3.8) is 0 Å². The molecule has 0 spiro atoms. The number of rotatable bonds is 8. The number of benzene rings is 2. The standard InChI is InChI=1S/C30H27F2N5O5S/c1-16-8-18-10-20(11-19(18)12-25(16)36-43(39,40)21-6-7-41-15-21)28(38)22-13-35-37(30(22)33)26-14-34-27(9-17(26)2)42-29-23(31)4-3-5-24(29)32/h3-5,8-10,12-14,21,36H,6-7,11,15,33H2,1-2H3. The molecule has 1 unspecified atom stereocenters.